The molecule has 2 amide bonds. The fraction of sp³-hybridized carbons (Fsp3) is 0.148. The van der Waals surface area contributed by atoms with Gasteiger partial charge in [0.05, 0.1) is 29.6 Å². The van der Waals surface area contributed by atoms with Crippen LogP contribution >= 0.6 is 0 Å². The molecule has 0 atom stereocenters. The van der Waals surface area contributed by atoms with Crippen LogP contribution in [0.4, 0.5) is 0 Å². The van der Waals surface area contributed by atoms with Crippen molar-refractivity contribution in [2.75, 3.05) is 6.61 Å². The normalized spacial score (nSPS) is 14.2. The Morgan fingerprint density at radius 1 is 0.919 bits per heavy atom. The first-order chi connectivity index (χ1) is 17.9. The number of imide groups is 1. The van der Waals surface area contributed by atoms with Crippen LogP contribution in [0, 0.1) is 0 Å². The number of ether oxygens (including phenoxy) is 1. The summed E-state index contributed by atoms with van der Waals surface area (Å²) in [6.45, 7) is 2.29. The highest BCUT2D eigenvalue weighted by atomic mass is 16.5. The highest BCUT2D eigenvalue weighted by Gasteiger charge is 2.35. The van der Waals surface area contributed by atoms with Gasteiger partial charge in [0.2, 0.25) is 5.88 Å². The third kappa shape index (κ3) is 3.37. The van der Waals surface area contributed by atoms with Crippen LogP contribution in [-0.4, -0.2) is 44.3 Å². The SMILES string of the molecule is CCOc1ccc(-n2c(O)c(C=NN3C(=O)c4ccc5c6c(ccc(c46)C3=O)CC5)c(=O)[nH]c2=O)cc1. The molecule has 0 saturated heterocycles. The summed E-state index contributed by atoms with van der Waals surface area (Å²) in [7, 11) is 0. The monoisotopic (exact) mass is 496 g/mol. The summed E-state index contributed by atoms with van der Waals surface area (Å²) in [5.41, 5.74) is 0.953. The van der Waals surface area contributed by atoms with E-state index in [0.29, 0.717) is 33.9 Å². The Morgan fingerprint density at radius 3 is 2.14 bits per heavy atom. The molecule has 0 bridgehead atoms. The van der Waals surface area contributed by atoms with Gasteiger partial charge in [0.1, 0.15) is 11.3 Å². The van der Waals surface area contributed by atoms with Crippen molar-refractivity contribution in [3.05, 3.63) is 97.2 Å². The lowest BCUT2D eigenvalue weighted by atomic mass is 9.92. The first kappa shape index (κ1) is 22.5. The first-order valence-electron chi connectivity index (χ1n) is 11.7. The number of carbonyl (C=O) groups excluding carboxylic acids is 2. The van der Waals surface area contributed by atoms with Gasteiger partial charge in [0.25, 0.3) is 17.4 Å². The molecule has 2 heterocycles. The molecule has 10 nitrogen and oxygen atoms in total. The van der Waals surface area contributed by atoms with Crippen LogP contribution < -0.4 is 16.0 Å². The molecule has 10 heteroatoms. The quantitative estimate of drug-likeness (QED) is 0.322. The van der Waals surface area contributed by atoms with Crippen molar-refractivity contribution in [2.45, 2.75) is 19.8 Å². The molecule has 184 valence electrons. The summed E-state index contributed by atoms with van der Waals surface area (Å²) in [5.74, 6) is -1.40. The third-order valence-electron chi connectivity index (χ3n) is 6.67. The fourth-order valence-corrected chi connectivity index (χ4v) is 4.98. The molecule has 4 aromatic rings. The summed E-state index contributed by atoms with van der Waals surface area (Å²) in [5, 5.41) is 17.0. The Kier molecular flexibility index (Phi) is 5.04. The van der Waals surface area contributed by atoms with Gasteiger partial charge in [-0.2, -0.15) is 10.1 Å². The minimum atomic E-state index is -0.923. The van der Waals surface area contributed by atoms with Crippen molar-refractivity contribution in [3.63, 3.8) is 0 Å². The average Bonchev–Trinajstić information content (AvgIpc) is 3.31. The number of amides is 2. The number of hydrogen-bond donors (Lipinski definition) is 2. The second-order valence-corrected chi connectivity index (χ2v) is 8.72. The van der Waals surface area contributed by atoms with Crippen LogP contribution in [0.25, 0.3) is 16.5 Å². The Bertz CT molecular complexity index is 1720. The third-order valence-corrected chi connectivity index (χ3v) is 6.67. The molecule has 0 fully saturated rings. The van der Waals surface area contributed by atoms with Gasteiger partial charge >= 0.3 is 5.69 Å². The van der Waals surface area contributed by atoms with E-state index in [0.717, 1.165) is 40.1 Å². The lowest BCUT2D eigenvalue weighted by Crippen LogP contribution is -2.37. The van der Waals surface area contributed by atoms with Crippen LogP contribution in [0.1, 0.15) is 44.3 Å². The van der Waals surface area contributed by atoms with E-state index in [2.05, 4.69) is 10.1 Å². The smallest absolute Gasteiger partial charge is 0.335 e. The number of H-pyrrole nitrogens is 1. The summed E-state index contributed by atoms with van der Waals surface area (Å²) in [6, 6.07) is 13.4. The second kappa shape index (κ2) is 8.30. The highest BCUT2D eigenvalue weighted by Crippen LogP contribution is 2.38. The van der Waals surface area contributed by atoms with Gasteiger partial charge in [0, 0.05) is 5.39 Å². The van der Waals surface area contributed by atoms with Gasteiger partial charge < -0.3 is 9.84 Å². The molecular weight excluding hydrogens is 476 g/mol. The topological polar surface area (TPSA) is 134 Å². The Balaban J connectivity index is 1.41. The van der Waals surface area contributed by atoms with Crippen molar-refractivity contribution in [1.82, 2.24) is 14.6 Å². The van der Waals surface area contributed by atoms with Crippen LogP contribution in [-0.2, 0) is 12.8 Å². The molecular formula is C27H20N4O6. The molecule has 0 saturated carbocycles. The van der Waals surface area contributed by atoms with Crippen LogP contribution in [0.3, 0.4) is 0 Å². The predicted molar refractivity (Wildman–Crippen MR) is 135 cm³/mol. The number of aryl methyl sites for hydroxylation is 2. The summed E-state index contributed by atoms with van der Waals surface area (Å²) in [4.78, 5) is 53.6. The zero-order chi connectivity index (χ0) is 25.8. The Morgan fingerprint density at radius 2 is 1.54 bits per heavy atom. The van der Waals surface area contributed by atoms with Crippen molar-refractivity contribution >= 4 is 28.8 Å². The van der Waals surface area contributed by atoms with Crippen molar-refractivity contribution in [2.24, 2.45) is 5.10 Å². The molecule has 0 radical (unpaired) electrons. The maximum absolute atomic E-state index is 13.3. The van der Waals surface area contributed by atoms with E-state index in [1.54, 1.807) is 24.3 Å². The van der Waals surface area contributed by atoms with E-state index in [4.69, 9.17) is 4.74 Å². The van der Waals surface area contributed by atoms with Crippen molar-refractivity contribution < 1.29 is 19.4 Å². The first-order valence-corrected chi connectivity index (χ1v) is 11.7. The Labute approximate surface area is 209 Å². The van der Waals surface area contributed by atoms with Crippen LogP contribution in [0.15, 0.2) is 63.2 Å². The van der Waals surface area contributed by atoms with E-state index in [1.165, 1.54) is 12.1 Å². The van der Waals surface area contributed by atoms with Crippen molar-refractivity contribution in [1.29, 1.82) is 0 Å². The molecule has 1 aliphatic heterocycles. The van der Waals surface area contributed by atoms with Gasteiger partial charge in [-0.3, -0.25) is 19.4 Å². The minimum absolute atomic E-state index is 0.264. The largest absolute Gasteiger partial charge is 0.494 e. The summed E-state index contributed by atoms with van der Waals surface area (Å²) < 4.78 is 6.27. The molecule has 2 aliphatic rings. The number of carbonyl (C=O) groups is 2. The second-order valence-electron chi connectivity index (χ2n) is 8.72. The van der Waals surface area contributed by atoms with E-state index < -0.39 is 34.5 Å². The van der Waals surface area contributed by atoms with Gasteiger partial charge in [0.15, 0.2) is 0 Å². The minimum Gasteiger partial charge on any atom is -0.494 e. The average molecular weight is 496 g/mol. The maximum atomic E-state index is 13.3. The van der Waals surface area contributed by atoms with Crippen LogP contribution in [0.2, 0.25) is 0 Å². The van der Waals surface area contributed by atoms with Gasteiger partial charge in [-0.1, -0.05) is 12.1 Å². The number of hydrazone groups is 1. The van der Waals surface area contributed by atoms with Gasteiger partial charge in [-0.05, 0) is 72.7 Å². The van der Waals surface area contributed by atoms with E-state index in [9.17, 15) is 24.3 Å². The number of benzene rings is 3. The predicted octanol–water partition coefficient (Wildman–Crippen LogP) is 2.51. The highest BCUT2D eigenvalue weighted by molar-refractivity contribution is 6.26. The number of aromatic hydroxyl groups is 1. The molecule has 0 spiro atoms. The zero-order valence-electron chi connectivity index (χ0n) is 19.6. The summed E-state index contributed by atoms with van der Waals surface area (Å²) in [6.07, 6.45) is 2.61. The molecule has 1 aliphatic carbocycles. The molecule has 37 heavy (non-hydrogen) atoms. The van der Waals surface area contributed by atoms with E-state index >= 15 is 0 Å². The molecule has 1 aromatic heterocycles. The molecule has 0 unspecified atom stereocenters. The standard InChI is InChI=1S/C27H20N4O6/c1-2-37-17-9-7-16(8-10-17)30-24(33)20(23(32)29-27(30)36)13-28-31-25(34)18-11-5-14-3-4-15-6-12-19(26(31)35)22(18)21(14)15/h5-13,33H,2-4H2,1H3,(H,29,32,36). The molecule has 2 N–H and O–H groups in total. The summed E-state index contributed by atoms with van der Waals surface area (Å²) >= 11 is 0. The fourth-order valence-electron chi connectivity index (χ4n) is 4.98. The number of aromatic nitrogens is 2. The maximum Gasteiger partial charge on any atom is 0.335 e. The van der Waals surface area contributed by atoms with Crippen LogP contribution in [0.5, 0.6) is 11.6 Å². The number of hydrogen-bond acceptors (Lipinski definition) is 7. The number of nitrogens with zero attached hydrogens (tertiary/aromatic N) is 3. The van der Waals surface area contributed by atoms with Crippen molar-refractivity contribution in [3.8, 4) is 17.3 Å². The Hall–Kier alpha value is -4.99. The van der Waals surface area contributed by atoms with Gasteiger partial charge in [-0.25, -0.2) is 9.36 Å². The molecule has 3 aromatic carbocycles. The van der Waals surface area contributed by atoms with Gasteiger partial charge in [-0.15, -0.1) is 0 Å². The zero-order valence-corrected chi connectivity index (χ0v) is 19.6. The number of nitrogens with one attached hydrogen (secondary N) is 1. The number of aromatic amines is 1. The van der Waals surface area contributed by atoms with E-state index in [1.807, 2.05) is 19.1 Å². The molecule has 6 rings (SSSR count). The lowest BCUT2D eigenvalue weighted by molar-refractivity contribution is 0.0616. The number of rotatable bonds is 5. The van der Waals surface area contributed by atoms with E-state index in [-0.39, 0.29) is 5.69 Å². The lowest BCUT2D eigenvalue weighted by Gasteiger charge is -2.23.